The van der Waals surface area contributed by atoms with E-state index in [-0.39, 0.29) is 0 Å². The van der Waals surface area contributed by atoms with E-state index in [1.54, 1.807) is 0 Å². The Hall–Kier alpha value is -0.0900. The van der Waals surface area contributed by atoms with E-state index < -0.39 is 9.84 Å². The molecule has 4 heteroatoms. The van der Waals surface area contributed by atoms with Gasteiger partial charge < -0.3 is 4.90 Å². The van der Waals surface area contributed by atoms with Crippen molar-refractivity contribution in [2.24, 2.45) is 0 Å². The molecule has 3 nitrogen and oxygen atoms in total. The van der Waals surface area contributed by atoms with Crippen LogP contribution < -0.4 is 0 Å². The number of nitrogens with zero attached hydrogens (tertiary/aromatic N) is 1. The molecule has 0 bridgehead atoms. The number of piperidine rings is 1. The van der Waals surface area contributed by atoms with Gasteiger partial charge in [-0.15, -0.1) is 0 Å². The van der Waals surface area contributed by atoms with Crippen LogP contribution >= 0.6 is 0 Å². The van der Waals surface area contributed by atoms with E-state index in [9.17, 15) is 8.42 Å². The van der Waals surface area contributed by atoms with Gasteiger partial charge in [-0.25, -0.2) is 8.42 Å². The molecule has 1 radical (unpaired) electrons. The summed E-state index contributed by atoms with van der Waals surface area (Å²) in [4.78, 5) is 2.40. The molecule has 0 aromatic heterocycles. The summed E-state index contributed by atoms with van der Waals surface area (Å²) in [5.41, 5.74) is 0. The van der Waals surface area contributed by atoms with Crippen LogP contribution in [0.2, 0.25) is 0 Å². The lowest BCUT2D eigenvalue weighted by atomic mass is 10.00. The van der Waals surface area contributed by atoms with Crippen molar-refractivity contribution < 1.29 is 8.42 Å². The van der Waals surface area contributed by atoms with Crippen LogP contribution in [-0.4, -0.2) is 44.5 Å². The minimum atomic E-state index is -2.80. The first-order valence-corrected chi connectivity index (χ1v) is 7.80. The van der Waals surface area contributed by atoms with Crippen molar-refractivity contribution in [1.82, 2.24) is 4.90 Å². The van der Waals surface area contributed by atoms with E-state index in [1.807, 2.05) is 0 Å². The Balaban J connectivity index is 2.42. The maximum atomic E-state index is 11.1. The molecule has 0 aromatic rings. The summed E-state index contributed by atoms with van der Waals surface area (Å²) in [6, 6.07) is 0.468. The highest BCUT2D eigenvalue weighted by Crippen LogP contribution is 2.20. The van der Waals surface area contributed by atoms with E-state index >= 15 is 0 Å². The monoisotopic (exact) mass is 232 g/mol. The second kappa shape index (κ2) is 5.85. The first kappa shape index (κ1) is 13.0. The van der Waals surface area contributed by atoms with E-state index in [0.29, 0.717) is 11.8 Å². The van der Waals surface area contributed by atoms with Gasteiger partial charge in [-0.2, -0.15) is 0 Å². The number of hydrogen-bond donors (Lipinski definition) is 0. The average Bonchev–Trinajstić information content (AvgIpc) is 2.16. The Bertz CT molecular complexity index is 272. The van der Waals surface area contributed by atoms with Crippen LogP contribution in [0, 0.1) is 6.92 Å². The van der Waals surface area contributed by atoms with Gasteiger partial charge in [0, 0.05) is 12.3 Å². The van der Waals surface area contributed by atoms with Crippen molar-refractivity contribution >= 4 is 9.84 Å². The molecule has 0 aliphatic carbocycles. The summed E-state index contributed by atoms with van der Waals surface area (Å²) in [7, 11) is -2.80. The van der Waals surface area contributed by atoms with E-state index in [0.717, 1.165) is 32.4 Å². The van der Waals surface area contributed by atoms with E-state index in [2.05, 4.69) is 11.8 Å². The van der Waals surface area contributed by atoms with Crippen molar-refractivity contribution in [1.29, 1.82) is 0 Å². The van der Waals surface area contributed by atoms with Gasteiger partial charge in [-0.3, -0.25) is 0 Å². The predicted octanol–water partition coefficient (Wildman–Crippen LogP) is 1.50. The van der Waals surface area contributed by atoms with Crippen LogP contribution in [0.5, 0.6) is 0 Å². The summed E-state index contributed by atoms with van der Waals surface area (Å²) >= 11 is 0. The highest BCUT2D eigenvalue weighted by atomic mass is 32.2. The van der Waals surface area contributed by atoms with E-state index in [1.165, 1.54) is 19.1 Å². The van der Waals surface area contributed by atoms with Crippen LogP contribution in [0.4, 0.5) is 0 Å². The molecule has 1 atom stereocenters. The molecule has 1 fully saturated rings. The van der Waals surface area contributed by atoms with Gasteiger partial charge in [0.05, 0.1) is 5.75 Å². The number of likely N-dealkylation sites (tertiary alicyclic amines) is 1. The molecule has 89 valence electrons. The van der Waals surface area contributed by atoms with Crippen molar-refractivity contribution in [3.8, 4) is 0 Å². The lowest BCUT2D eigenvalue weighted by molar-refractivity contribution is 0.147. The SMILES string of the molecule is [CH2]CCN1CCCCC1CCS(C)(=O)=O. The molecule has 0 saturated carbocycles. The number of rotatable bonds is 5. The Morgan fingerprint density at radius 2 is 2.13 bits per heavy atom. The lowest BCUT2D eigenvalue weighted by Gasteiger charge is -2.35. The standard InChI is InChI=1S/C11H22NO2S/c1-3-8-12-9-5-4-6-11(12)7-10-15(2,13)14/h11H,1,3-10H2,2H3. The van der Waals surface area contributed by atoms with Crippen molar-refractivity contribution in [2.75, 3.05) is 25.1 Å². The van der Waals surface area contributed by atoms with Gasteiger partial charge in [0.15, 0.2) is 0 Å². The molecular weight excluding hydrogens is 210 g/mol. The average molecular weight is 232 g/mol. The fourth-order valence-corrected chi connectivity index (χ4v) is 2.93. The maximum Gasteiger partial charge on any atom is 0.147 e. The van der Waals surface area contributed by atoms with Crippen molar-refractivity contribution in [2.45, 2.75) is 38.1 Å². The van der Waals surface area contributed by atoms with Gasteiger partial charge in [-0.05, 0) is 38.8 Å². The Labute approximate surface area is 93.8 Å². The van der Waals surface area contributed by atoms with E-state index in [4.69, 9.17) is 0 Å². The molecule has 0 amide bonds. The summed E-state index contributed by atoms with van der Waals surface area (Å²) in [6.07, 6.45) is 6.66. The first-order chi connectivity index (χ1) is 7.03. The fraction of sp³-hybridized carbons (Fsp3) is 0.909. The molecule has 0 aromatic carbocycles. The van der Waals surface area contributed by atoms with Crippen LogP contribution in [-0.2, 0) is 9.84 Å². The maximum absolute atomic E-state index is 11.1. The number of hydrogen-bond acceptors (Lipinski definition) is 3. The Kier molecular flexibility index (Phi) is 5.06. The molecule has 15 heavy (non-hydrogen) atoms. The summed E-state index contributed by atoms with van der Waals surface area (Å²) < 4.78 is 22.2. The summed E-state index contributed by atoms with van der Waals surface area (Å²) in [5, 5.41) is 0. The van der Waals surface area contributed by atoms with Gasteiger partial charge in [0.25, 0.3) is 0 Å². The van der Waals surface area contributed by atoms with Gasteiger partial charge >= 0.3 is 0 Å². The van der Waals surface area contributed by atoms with Gasteiger partial charge in [0.1, 0.15) is 9.84 Å². The van der Waals surface area contributed by atoms with Gasteiger partial charge in [-0.1, -0.05) is 13.3 Å². The first-order valence-electron chi connectivity index (χ1n) is 5.74. The summed E-state index contributed by atoms with van der Waals surface area (Å²) in [5.74, 6) is 0.325. The molecule has 1 aliphatic heterocycles. The van der Waals surface area contributed by atoms with Crippen LogP contribution in [0.25, 0.3) is 0 Å². The molecule has 1 rings (SSSR count). The third-order valence-corrected chi connectivity index (χ3v) is 3.99. The smallest absolute Gasteiger partial charge is 0.147 e. The largest absolute Gasteiger partial charge is 0.300 e. The van der Waals surface area contributed by atoms with Crippen LogP contribution in [0.3, 0.4) is 0 Å². The quantitative estimate of drug-likeness (QED) is 0.721. The van der Waals surface area contributed by atoms with Crippen LogP contribution in [0.1, 0.15) is 32.1 Å². The predicted molar refractivity (Wildman–Crippen MR) is 63.5 cm³/mol. The lowest BCUT2D eigenvalue weighted by Crippen LogP contribution is -2.40. The molecule has 0 spiro atoms. The zero-order valence-electron chi connectivity index (χ0n) is 9.61. The third-order valence-electron chi connectivity index (χ3n) is 3.02. The Morgan fingerprint density at radius 1 is 1.40 bits per heavy atom. The minimum absolute atomic E-state index is 0.325. The Morgan fingerprint density at radius 3 is 2.73 bits per heavy atom. The van der Waals surface area contributed by atoms with Crippen LogP contribution in [0.15, 0.2) is 0 Å². The van der Waals surface area contributed by atoms with Crippen molar-refractivity contribution in [3.63, 3.8) is 0 Å². The molecule has 1 aliphatic rings. The number of sulfone groups is 1. The normalized spacial score (nSPS) is 24.3. The fourth-order valence-electron chi connectivity index (χ4n) is 2.23. The third kappa shape index (κ3) is 4.98. The molecule has 1 unspecified atom stereocenters. The molecule has 0 N–H and O–H groups in total. The zero-order chi connectivity index (χ0) is 11.3. The summed E-state index contributed by atoms with van der Waals surface area (Å²) in [6.45, 7) is 5.99. The second-order valence-electron chi connectivity index (χ2n) is 4.46. The highest BCUT2D eigenvalue weighted by Gasteiger charge is 2.22. The minimum Gasteiger partial charge on any atom is -0.300 e. The zero-order valence-corrected chi connectivity index (χ0v) is 10.4. The molecule has 1 heterocycles. The molecule has 1 saturated heterocycles. The van der Waals surface area contributed by atoms with Crippen molar-refractivity contribution in [3.05, 3.63) is 6.92 Å². The van der Waals surface area contributed by atoms with Gasteiger partial charge in [0.2, 0.25) is 0 Å². The molecular formula is C11H22NO2S. The highest BCUT2D eigenvalue weighted by molar-refractivity contribution is 7.90. The topological polar surface area (TPSA) is 37.4 Å². The second-order valence-corrected chi connectivity index (χ2v) is 6.72.